The van der Waals surface area contributed by atoms with Crippen molar-refractivity contribution in [1.82, 2.24) is 4.90 Å². The molecule has 0 spiro atoms. The fraction of sp³-hybridized carbons (Fsp3) is 1.00. The van der Waals surface area contributed by atoms with Crippen molar-refractivity contribution in [3.05, 3.63) is 0 Å². The molecule has 1 rings (SSSR count). The maximum Gasteiger partial charge on any atom is 0.151 e. The van der Waals surface area contributed by atoms with E-state index < -0.39 is 9.84 Å². The molecule has 102 valence electrons. The Morgan fingerprint density at radius 1 is 1.29 bits per heavy atom. The zero-order chi connectivity index (χ0) is 12.9. The van der Waals surface area contributed by atoms with E-state index in [1.54, 1.807) is 0 Å². The number of piperidine rings is 1. The van der Waals surface area contributed by atoms with Crippen LogP contribution < -0.4 is 0 Å². The minimum atomic E-state index is -2.83. The van der Waals surface area contributed by atoms with E-state index in [2.05, 4.69) is 4.90 Å². The normalized spacial score (nSPS) is 21.6. The molecule has 0 aromatic heterocycles. The van der Waals surface area contributed by atoms with Crippen molar-refractivity contribution in [2.45, 2.75) is 38.5 Å². The minimum Gasteiger partial charge on any atom is -0.302 e. The molecule has 0 radical (unpaired) electrons. The first-order chi connectivity index (χ1) is 7.94. The van der Waals surface area contributed by atoms with Crippen LogP contribution in [0.15, 0.2) is 0 Å². The average molecular weight is 282 g/mol. The van der Waals surface area contributed by atoms with Gasteiger partial charge >= 0.3 is 0 Å². The van der Waals surface area contributed by atoms with Crippen LogP contribution in [0.5, 0.6) is 0 Å². The lowest BCUT2D eigenvalue weighted by atomic mass is 9.94. The van der Waals surface area contributed by atoms with Crippen LogP contribution in [0, 0.1) is 5.92 Å². The standard InChI is InChI=1S/C12H24ClNO2S/c1-3-9-17(15,16)10-8-14-6-4-12(5-7-14)11(2)13/h11-12H,3-10H2,1-2H3. The molecule has 1 atom stereocenters. The Bertz CT molecular complexity index is 308. The van der Waals surface area contributed by atoms with E-state index in [4.69, 9.17) is 11.6 Å². The van der Waals surface area contributed by atoms with E-state index in [1.165, 1.54) is 0 Å². The summed E-state index contributed by atoms with van der Waals surface area (Å²) >= 11 is 6.08. The van der Waals surface area contributed by atoms with E-state index in [-0.39, 0.29) is 5.38 Å². The zero-order valence-corrected chi connectivity index (χ0v) is 12.4. The Hall–Kier alpha value is 0.200. The second-order valence-corrected chi connectivity index (χ2v) is 8.00. The Morgan fingerprint density at radius 3 is 2.35 bits per heavy atom. The second kappa shape index (κ2) is 6.95. The number of rotatable bonds is 6. The van der Waals surface area contributed by atoms with Crippen molar-refractivity contribution in [2.24, 2.45) is 5.92 Å². The summed E-state index contributed by atoms with van der Waals surface area (Å²) in [5.74, 6) is 1.23. The van der Waals surface area contributed by atoms with Gasteiger partial charge in [-0.05, 0) is 45.2 Å². The van der Waals surface area contributed by atoms with Crippen LogP contribution in [0.1, 0.15) is 33.1 Å². The summed E-state index contributed by atoms with van der Waals surface area (Å²) in [6, 6.07) is 0. The smallest absolute Gasteiger partial charge is 0.151 e. The van der Waals surface area contributed by atoms with Crippen LogP contribution in [0.3, 0.4) is 0 Å². The van der Waals surface area contributed by atoms with Gasteiger partial charge in [0.25, 0.3) is 0 Å². The maximum atomic E-state index is 11.6. The van der Waals surface area contributed by atoms with E-state index in [0.717, 1.165) is 25.9 Å². The summed E-state index contributed by atoms with van der Waals surface area (Å²) in [6.45, 7) is 6.62. The van der Waals surface area contributed by atoms with Crippen molar-refractivity contribution in [3.63, 3.8) is 0 Å². The van der Waals surface area contributed by atoms with Crippen LogP contribution in [0.25, 0.3) is 0 Å². The molecule has 1 fully saturated rings. The minimum absolute atomic E-state index is 0.237. The van der Waals surface area contributed by atoms with Gasteiger partial charge in [-0.1, -0.05) is 6.92 Å². The third-order valence-corrected chi connectivity index (χ3v) is 5.71. The first-order valence-corrected chi connectivity index (χ1v) is 8.77. The molecule has 5 heteroatoms. The second-order valence-electron chi connectivity index (χ2n) is 5.01. The fourth-order valence-corrected chi connectivity index (χ4v) is 3.93. The summed E-state index contributed by atoms with van der Waals surface area (Å²) in [6.07, 6.45) is 2.91. The number of hydrogen-bond donors (Lipinski definition) is 0. The number of nitrogens with zero attached hydrogens (tertiary/aromatic N) is 1. The highest BCUT2D eigenvalue weighted by Gasteiger charge is 2.23. The first kappa shape index (κ1) is 15.3. The summed E-state index contributed by atoms with van der Waals surface area (Å²) in [4.78, 5) is 2.25. The third kappa shape index (κ3) is 5.58. The molecule has 1 heterocycles. The lowest BCUT2D eigenvalue weighted by Crippen LogP contribution is -2.38. The van der Waals surface area contributed by atoms with Gasteiger partial charge in [-0.3, -0.25) is 0 Å². The predicted octanol–water partition coefficient (Wildman–Crippen LogP) is 2.15. The molecule has 0 aromatic carbocycles. The molecule has 0 amide bonds. The largest absolute Gasteiger partial charge is 0.302 e. The molecular weight excluding hydrogens is 258 g/mol. The Morgan fingerprint density at radius 2 is 1.88 bits per heavy atom. The summed E-state index contributed by atoms with van der Waals surface area (Å²) in [5, 5.41) is 0.237. The number of alkyl halides is 1. The van der Waals surface area contributed by atoms with Gasteiger partial charge in [-0.15, -0.1) is 11.6 Å². The third-order valence-electron chi connectivity index (χ3n) is 3.52. The molecule has 0 aromatic rings. The van der Waals surface area contributed by atoms with E-state index in [9.17, 15) is 8.42 Å². The molecule has 1 saturated heterocycles. The van der Waals surface area contributed by atoms with Crippen molar-refractivity contribution < 1.29 is 8.42 Å². The predicted molar refractivity (Wildman–Crippen MR) is 73.4 cm³/mol. The van der Waals surface area contributed by atoms with E-state index >= 15 is 0 Å². The molecule has 1 aliphatic rings. The quantitative estimate of drug-likeness (QED) is 0.700. The lowest BCUT2D eigenvalue weighted by Gasteiger charge is -2.32. The molecule has 3 nitrogen and oxygen atoms in total. The summed E-state index contributed by atoms with van der Waals surface area (Å²) in [5.41, 5.74) is 0. The van der Waals surface area contributed by atoms with Gasteiger partial charge in [0.05, 0.1) is 5.75 Å². The van der Waals surface area contributed by atoms with Gasteiger partial charge in [-0.2, -0.15) is 0 Å². The SMILES string of the molecule is CCCS(=O)(=O)CCN1CCC(C(C)Cl)CC1. The number of hydrogen-bond acceptors (Lipinski definition) is 3. The van der Waals surface area contributed by atoms with Crippen molar-refractivity contribution >= 4 is 21.4 Å². The molecule has 1 aliphatic heterocycles. The fourth-order valence-electron chi connectivity index (χ4n) is 2.32. The maximum absolute atomic E-state index is 11.6. The van der Waals surface area contributed by atoms with Crippen LogP contribution in [0.4, 0.5) is 0 Å². The number of halogens is 1. The highest BCUT2D eigenvalue weighted by atomic mass is 35.5. The summed E-state index contributed by atoms with van der Waals surface area (Å²) < 4.78 is 23.2. The monoisotopic (exact) mass is 281 g/mol. The highest BCUT2D eigenvalue weighted by molar-refractivity contribution is 7.91. The van der Waals surface area contributed by atoms with Gasteiger partial charge in [0.15, 0.2) is 9.84 Å². The molecule has 17 heavy (non-hydrogen) atoms. The summed E-state index contributed by atoms with van der Waals surface area (Å²) in [7, 11) is -2.83. The lowest BCUT2D eigenvalue weighted by molar-refractivity contribution is 0.192. The molecule has 0 aliphatic carbocycles. The van der Waals surface area contributed by atoms with Gasteiger partial charge in [0.1, 0.15) is 0 Å². The topological polar surface area (TPSA) is 37.4 Å². The van der Waals surface area contributed by atoms with Crippen LogP contribution in [-0.2, 0) is 9.84 Å². The van der Waals surface area contributed by atoms with Crippen LogP contribution in [-0.4, -0.2) is 49.8 Å². The average Bonchev–Trinajstić information content (AvgIpc) is 2.27. The van der Waals surface area contributed by atoms with E-state index in [1.807, 2.05) is 13.8 Å². The highest BCUT2D eigenvalue weighted by Crippen LogP contribution is 2.23. The van der Waals surface area contributed by atoms with Gasteiger partial charge in [0.2, 0.25) is 0 Å². The van der Waals surface area contributed by atoms with Crippen LogP contribution >= 0.6 is 11.6 Å². The van der Waals surface area contributed by atoms with Gasteiger partial charge in [-0.25, -0.2) is 8.42 Å². The van der Waals surface area contributed by atoms with Crippen molar-refractivity contribution in [1.29, 1.82) is 0 Å². The van der Waals surface area contributed by atoms with Crippen molar-refractivity contribution in [2.75, 3.05) is 31.1 Å². The number of likely N-dealkylation sites (tertiary alicyclic amines) is 1. The zero-order valence-electron chi connectivity index (χ0n) is 10.9. The van der Waals surface area contributed by atoms with Crippen molar-refractivity contribution in [3.8, 4) is 0 Å². The first-order valence-electron chi connectivity index (χ1n) is 6.51. The molecular formula is C12H24ClNO2S. The van der Waals surface area contributed by atoms with Crippen LogP contribution in [0.2, 0.25) is 0 Å². The Balaban J connectivity index is 2.27. The van der Waals surface area contributed by atoms with Gasteiger partial charge in [0, 0.05) is 17.7 Å². The molecule has 0 bridgehead atoms. The Labute approximate surface area is 110 Å². The molecule has 0 saturated carbocycles. The number of sulfone groups is 1. The Kier molecular flexibility index (Phi) is 6.24. The van der Waals surface area contributed by atoms with Gasteiger partial charge < -0.3 is 4.90 Å². The molecule has 0 N–H and O–H groups in total. The van der Waals surface area contributed by atoms with E-state index in [0.29, 0.717) is 30.4 Å². The molecule has 1 unspecified atom stereocenters.